The van der Waals surface area contributed by atoms with Crippen LogP contribution >= 0.6 is 0 Å². The molecule has 0 unspecified atom stereocenters. The van der Waals surface area contributed by atoms with Crippen molar-refractivity contribution < 1.29 is 15.1 Å². The van der Waals surface area contributed by atoms with Gasteiger partial charge in [0.1, 0.15) is 5.75 Å². The molecule has 0 saturated carbocycles. The van der Waals surface area contributed by atoms with Crippen LogP contribution in [0.5, 0.6) is 5.75 Å². The SMILES string of the molecule is CCCCC[C@H]1CO[C@@H](c2c(O)c(-c3ccccc3)cn(O)c2=O)[C@H](C)C1. The minimum Gasteiger partial charge on any atom is -0.507 e. The highest BCUT2D eigenvalue weighted by Gasteiger charge is 2.34. The van der Waals surface area contributed by atoms with Crippen LogP contribution in [0.3, 0.4) is 0 Å². The third-order valence-electron chi connectivity index (χ3n) is 5.52. The van der Waals surface area contributed by atoms with Crippen LogP contribution in [0.15, 0.2) is 41.3 Å². The molecule has 27 heavy (non-hydrogen) atoms. The molecule has 5 heteroatoms. The van der Waals surface area contributed by atoms with Gasteiger partial charge in [-0.25, -0.2) is 0 Å². The van der Waals surface area contributed by atoms with Crippen molar-refractivity contribution in [2.24, 2.45) is 11.8 Å². The number of unbranched alkanes of at least 4 members (excludes halogenated alkanes) is 2. The molecule has 0 spiro atoms. The zero-order chi connectivity index (χ0) is 19.4. The summed E-state index contributed by atoms with van der Waals surface area (Å²) in [7, 11) is 0. The van der Waals surface area contributed by atoms with E-state index in [0.717, 1.165) is 18.4 Å². The summed E-state index contributed by atoms with van der Waals surface area (Å²) in [6.07, 6.45) is 6.45. The van der Waals surface area contributed by atoms with E-state index in [-0.39, 0.29) is 17.2 Å². The Balaban J connectivity index is 1.89. The molecule has 2 N–H and O–H groups in total. The first kappa shape index (κ1) is 19.5. The molecule has 1 saturated heterocycles. The zero-order valence-electron chi connectivity index (χ0n) is 16.1. The smallest absolute Gasteiger partial charge is 0.292 e. The Morgan fingerprint density at radius 1 is 1.22 bits per heavy atom. The van der Waals surface area contributed by atoms with Gasteiger partial charge in [0.2, 0.25) is 0 Å². The minimum absolute atomic E-state index is 0.0926. The lowest BCUT2D eigenvalue weighted by Crippen LogP contribution is -2.33. The van der Waals surface area contributed by atoms with Gasteiger partial charge in [-0.1, -0.05) is 63.4 Å². The Labute approximate surface area is 160 Å². The van der Waals surface area contributed by atoms with Crippen molar-refractivity contribution in [3.05, 3.63) is 52.4 Å². The van der Waals surface area contributed by atoms with Crippen LogP contribution in [0.2, 0.25) is 0 Å². The highest BCUT2D eigenvalue weighted by atomic mass is 16.5. The minimum atomic E-state index is -0.617. The number of aromatic hydroxyl groups is 1. The number of rotatable bonds is 6. The number of aromatic nitrogens is 1. The molecule has 146 valence electrons. The molecule has 2 aromatic rings. The molecular weight excluding hydrogens is 342 g/mol. The van der Waals surface area contributed by atoms with Gasteiger partial charge >= 0.3 is 0 Å². The lowest BCUT2D eigenvalue weighted by atomic mass is 9.83. The summed E-state index contributed by atoms with van der Waals surface area (Å²) in [4.78, 5) is 12.6. The van der Waals surface area contributed by atoms with Gasteiger partial charge < -0.3 is 15.1 Å². The molecule has 0 amide bonds. The van der Waals surface area contributed by atoms with Crippen LogP contribution in [0.4, 0.5) is 0 Å². The molecule has 3 atom stereocenters. The zero-order valence-corrected chi connectivity index (χ0v) is 16.1. The van der Waals surface area contributed by atoms with Gasteiger partial charge in [0.05, 0.1) is 24.5 Å². The fourth-order valence-electron chi connectivity index (χ4n) is 4.07. The van der Waals surface area contributed by atoms with Crippen molar-refractivity contribution in [1.29, 1.82) is 0 Å². The third kappa shape index (κ3) is 4.19. The van der Waals surface area contributed by atoms with Gasteiger partial charge in [0.25, 0.3) is 5.56 Å². The van der Waals surface area contributed by atoms with E-state index in [1.54, 1.807) is 0 Å². The lowest BCUT2D eigenvalue weighted by molar-refractivity contribution is -0.0575. The molecule has 1 aromatic heterocycles. The Kier molecular flexibility index (Phi) is 6.22. The van der Waals surface area contributed by atoms with Crippen molar-refractivity contribution in [2.75, 3.05) is 6.61 Å². The maximum Gasteiger partial charge on any atom is 0.292 e. The molecule has 3 rings (SSSR count). The van der Waals surface area contributed by atoms with Gasteiger partial charge in [-0.15, -0.1) is 0 Å². The summed E-state index contributed by atoms with van der Waals surface area (Å²) < 4.78 is 6.60. The van der Waals surface area contributed by atoms with Crippen molar-refractivity contribution in [3.63, 3.8) is 0 Å². The van der Waals surface area contributed by atoms with E-state index in [1.165, 1.54) is 25.5 Å². The summed E-state index contributed by atoms with van der Waals surface area (Å²) in [5.74, 6) is 0.478. The molecular formula is C22H29NO4. The number of ether oxygens (including phenoxy) is 1. The van der Waals surface area contributed by atoms with Crippen LogP contribution in [-0.2, 0) is 4.74 Å². The third-order valence-corrected chi connectivity index (χ3v) is 5.52. The second-order valence-electron chi connectivity index (χ2n) is 7.65. The van der Waals surface area contributed by atoms with Gasteiger partial charge in [-0.2, -0.15) is 4.73 Å². The monoisotopic (exact) mass is 371 g/mol. The van der Waals surface area contributed by atoms with E-state index >= 15 is 0 Å². The number of hydrogen-bond donors (Lipinski definition) is 2. The molecule has 1 aliphatic heterocycles. The molecule has 1 fully saturated rings. The Morgan fingerprint density at radius 2 is 1.96 bits per heavy atom. The quantitative estimate of drug-likeness (QED) is 0.568. The Hall–Kier alpha value is -2.27. The van der Waals surface area contributed by atoms with Crippen LogP contribution in [0.25, 0.3) is 11.1 Å². The topological polar surface area (TPSA) is 71.7 Å². The molecule has 1 aliphatic rings. The van der Waals surface area contributed by atoms with Crippen molar-refractivity contribution in [1.82, 2.24) is 4.73 Å². The predicted molar refractivity (Wildman–Crippen MR) is 105 cm³/mol. The highest BCUT2D eigenvalue weighted by Crippen LogP contribution is 2.41. The summed E-state index contributed by atoms with van der Waals surface area (Å²) >= 11 is 0. The van der Waals surface area contributed by atoms with Crippen LogP contribution in [0.1, 0.15) is 57.6 Å². The average Bonchev–Trinajstić information content (AvgIpc) is 2.67. The predicted octanol–water partition coefficient (Wildman–Crippen LogP) is 4.75. The number of hydrogen-bond acceptors (Lipinski definition) is 4. The molecule has 2 heterocycles. The van der Waals surface area contributed by atoms with E-state index < -0.39 is 11.7 Å². The Bertz CT molecular complexity index is 815. The van der Waals surface area contributed by atoms with Gasteiger partial charge in [0.15, 0.2) is 0 Å². The maximum absolute atomic E-state index is 12.6. The second-order valence-corrected chi connectivity index (χ2v) is 7.65. The fraction of sp³-hybridized carbons (Fsp3) is 0.500. The van der Waals surface area contributed by atoms with E-state index in [4.69, 9.17) is 4.74 Å². The Morgan fingerprint density at radius 3 is 2.63 bits per heavy atom. The standard InChI is InChI=1S/C22H29NO4/c1-3-4-6-9-16-12-15(2)21(27-14-16)19-20(24)18(13-23(26)22(19)25)17-10-7-5-8-11-17/h5,7-8,10-11,13,15-16,21,24,26H,3-4,6,9,12,14H2,1-2H3/t15-,16-,21-/m1/s1. The van der Waals surface area contributed by atoms with E-state index in [0.29, 0.717) is 22.8 Å². The van der Waals surface area contributed by atoms with Crippen LogP contribution in [-0.4, -0.2) is 21.7 Å². The average molecular weight is 371 g/mol. The second kappa shape index (κ2) is 8.61. The number of nitrogens with zero attached hydrogens (tertiary/aromatic N) is 1. The van der Waals surface area contributed by atoms with Gasteiger partial charge in [-0.3, -0.25) is 4.79 Å². The van der Waals surface area contributed by atoms with Crippen molar-refractivity contribution in [3.8, 4) is 16.9 Å². The maximum atomic E-state index is 12.6. The highest BCUT2D eigenvalue weighted by molar-refractivity contribution is 5.70. The first-order valence-corrected chi connectivity index (χ1v) is 9.87. The first-order valence-electron chi connectivity index (χ1n) is 9.87. The van der Waals surface area contributed by atoms with Gasteiger partial charge in [0, 0.05) is 5.56 Å². The van der Waals surface area contributed by atoms with Crippen LogP contribution in [0, 0.1) is 11.8 Å². The van der Waals surface area contributed by atoms with Gasteiger partial charge in [-0.05, 0) is 30.2 Å². The molecule has 0 radical (unpaired) electrons. The van der Waals surface area contributed by atoms with Crippen molar-refractivity contribution in [2.45, 2.75) is 52.1 Å². The van der Waals surface area contributed by atoms with Crippen LogP contribution < -0.4 is 5.56 Å². The molecule has 0 aliphatic carbocycles. The summed E-state index contributed by atoms with van der Waals surface area (Å²) in [5, 5.41) is 21.0. The number of benzene rings is 1. The molecule has 1 aromatic carbocycles. The van der Waals surface area contributed by atoms with E-state index in [9.17, 15) is 15.1 Å². The lowest BCUT2D eigenvalue weighted by Gasteiger charge is -2.35. The van der Waals surface area contributed by atoms with E-state index in [2.05, 4.69) is 6.92 Å². The molecule has 0 bridgehead atoms. The first-order chi connectivity index (χ1) is 13.0. The summed E-state index contributed by atoms with van der Waals surface area (Å²) in [6.45, 7) is 4.82. The largest absolute Gasteiger partial charge is 0.507 e. The summed E-state index contributed by atoms with van der Waals surface area (Å²) in [5.41, 5.74) is 0.695. The normalized spacial score (nSPS) is 22.7. The fourth-order valence-corrected chi connectivity index (χ4v) is 4.07. The summed E-state index contributed by atoms with van der Waals surface area (Å²) in [6, 6.07) is 9.24. The van der Waals surface area contributed by atoms with E-state index in [1.807, 2.05) is 37.3 Å². The van der Waals surface area contributed by atoms with Crippen molar-refractivity contribution >= 4 is 0 Å². The number of pyridine rings is 1. The molecule has 5 nitrogen and oxygen atoms in total.